The molecule has 1 atom stereocenters. The average Bonchev–Trinajstić information content (AvgIpc) is 3.10. The van der Waals surface area contributed by atoms with E-state index in [1.807, 2.05) is 32.3 Å². The molecule has 0 saturated heterocycles. The van der Waals surface area contributed by atoms with Crippen LogP contribution in [0.5, 0.6) is 0 Å². The van der Waals surface area contributed by atoms with Crippen molar-refractivity contribution in [2.75, 3.05) is 23.0 Å². The molecule has 1 unspecified atom stereocenters. The van der Waals surface area contributed by atoms with Crippen molar-refractivity contribution >= 4 is 28.6 Å². The molecule has 0 aliphatic heterocycles. The maximum Gasteiger partial charge on any atom is 0.227 e. The predicted octanol–water partition coefficient (Wildman–Crippen LogP) is 3.17. The number of anilines is 3. The molecule has 3 aromatic rings. The molecule has 0 aliphatic rings. The first kappa shape index (κ1) is 20.8. The van der Waals surface area contributed by atoms with Crippen LogP contribution >= 0.6 is 0 Å². The van der Waals surface area contributed by atoms with Gasteiger partial charge in [-0.15, -0.1) is 0 Å². The van der Waals surface area contributed by atoms with E-state index in [9.17, 15) is 9.50 Å². The number of nitrogen functional groups attached to an aromatic ring is 1. The Morgan fingerprint density at radius 1 is 1.21 bits per heavy atom. The number of imidazole rings is 1. The summed E-state index contributed by atoms with van der Waals surface area (Å²) in [6.45, 7) is 8.36. The van der Waals surface area contributed by atoms with Crippen LogP contribution in [0.15, 0.2) is 24.5 Å². The van der Waals surface area contributed by atoms with Gasteiger partial charge in [0.2, 0.25) is 5.95 Å². The molecule has 9 heteroatoms. The molecule has 0 spiro atoms. The van der Waals surface area contributed by atoms with E-state index < -0.39 is 0 Å². The Morgan fingerprint density at radius 3 is 2.62 bits per heavy atom. The number of hydrogen-bond donors (Lipinski definition) is 4. The van der Waals surface area contributed by atoms with Crippen LogP contribution in [-0.4, -0.2) is 37.3 Å². The van der Waals surface area contributed by atoms with E-state index in [2.05, 4.69) is 25.6 Å². The van der Waals surface area contributed by atoms with Crippen LogP contribution in [0.1, 0.15) is 39.3 Å². The van der Waals surface area contributed by atoms with Crippen LogP contribution < -0.4 is 16.4 Å². The maximum absolute atomic E-state index is 13.6. The number of benzene rings is 1. The Labute approximate surface area is 169 Å². The highest BCUT2D eigenvalue weighted by Crippen LogP contribution is 2.25. The van der Waals surface area contributed by atoms with Gasteiger partial charge >= 0.3 is 0 Å². The van der Waals surface area contributed by atoms with Gasteiger partial charge in [0.1, 0.15) is 5.82 Å². The van der Waals surface area contributed by atoms with Crippen molar-refractivity contribution in [2.24, 2.45) is 5.92 Å². The molecular formula is C20H28FN7O. The maximum atomic E-state index is 13.6. The van der Waals surface area contributed by atoms with Crippen molar-refractivity contribution < 1.29 is 9.50 Å². The number of nitrogens with zero attached hydrogens (tertiary/aromatic N) is 4. The Morgan fingerprint density at radius 2 is 1.97 bits per heavy atom. The zero-order valence-corrected chi connectivity index (χ0v) is 17.1. The minimum Gasteiger partial charge on any atom is -0.398 e. The largest absolute Gasteiger partial charge is 0.398 e. The van der Waals surface area contributed by atoms with E-state index in [1.165, 1.54) is 18.2 Å². The van der Waals surface area contributed by atoms with Gasteiger partial charge in [0.15, 0.2) is 17.0 Å². The van der Waals surface area contributed by atoms with Gasteiger partial charge in [-0.1, -0.05) is 13.8 Å². The van der Waals surface area contributed by atoms with Crippen molar-refractivity contribution in [2.45, 2.75) is 46.3 Å². The lowest BCUT2D eigenvalue weighted by molar-refractivity contribution is 0.248. The molecular weight excluding hydrogens is 373 g/mol. The highest BCUT2D eigenvalue weighted by Gasteiger charge is 2.18. The van der Waals surface area contributed by atoms with Crippen molar-refractivity contribution in [3.63, 3.8) is 0 Å². The molecule has 8 nitrogen and oxygen atoms in total. The third kappa shape index (κ3) is 4.56. The molecule has 0 saturated carbocycles. The molecule has 0 fully saturated rings. The molecule has 1 aromatic carbocycles. The quantitative estimate of drug-likeness (QED) is 0.429. The van der Waals surface area contributed by atoms with E-state index >= 15 is 0 Å². The Kier molecular flexibility index (Phi) is 6.17. The van der Waals surface area contributed by atoms with Gasteiger partial charge in [0.25, 0.3) is 0 Å². The third-order valence-electron chi connectivity index (χ3n) is 4.84. The number of nitrogens with two attached hydrogens (primary N) is 1. The lowest BCUT2D eigenvalue weighted by Crippen LogP contribution is -2.30. The van der Waals surface area contributed by atoms with E-state index in [1.54, 1.807) is 6.33 Å². The standard InChI is InChI=1S/C20H28FN7O/c1-11(2)16(9-29)25-20-26-18(17-19(27-20)28(10-24-17)12(3)4)23-8-13-7-14(21)5-6-15(13)22/h5-7,10-12,16,29H,8-9,22H2,1-4H3,(H2,23,25,26,27). The number of aliphatic hydroxyl groups excluding tert-OH is 1. The van der Waals surface area contributed by atoms with Gasteiger partial charge < -0.3 is 26.0 Å². The van der Waals surface area contributed by atoms with Crippen molar-refractivity contribution in [3.05, 3.63) is 35.9 Å². The van der Waals surface area contributed by atoms with Crippen LogP contribution in [0.25, 0.3) is 11.2 Å². The summed E-state index contributed by atoms with van der Waals surface area (Å²) in [4.78, 5) is 13.6. The molecule has 5 N–H and O–H groups in total. The number of aliphatic hydroxyl groups is 1. The summed E-state index contributed by atoms with van der Waals surface area (Å²) in [5.74, 6) is 0.749. The Hall–Kier alpha value is -2.94. The molecule has 0 amide bonds. The van der Waals surface area contributed by atoms with Gasteiger partial charge in [-0.05, 0) is 43.5 Å². The highest BCUT2D eigenvalue weighted by atomic mass is 19.1. The second kappa shape index (κ2) is 8.60. The second-order valence-corrected chi connectivity index (χ2v) is 7.69. The summed E-state index contributed by atoms with van der Waals surface area (Å²) in [5, 5.41) is 16.1. The van der Waals surface area contributed by atoms with Crippen LogP contribution in [-0.2, 0) is 6.54 Å². The van der Waals surface area contributed by atoms with Crippen molar-refractivity contribution in [3.8, 4) is 0 Å². The number of rotatable bonds is 8. The molecule has 29 heavy (non-hydrogen) atoms. The lowest BCUT2D eigenvalue weighted by atomic mass is 10.1. The van der Waals surface area contributed by atoms with Crippen LogP contribution in [0.4, 0.5) is 21.8 Å². The predicted molar refractivity (Wildman–Crippen MR) is 113 cm³/mol. The first-order valence-electron chi connectivity index (χ1n) is 9.69. The smallest absolute Gasteiger partial charge is 0.227 e. The number of nitrogens with one attached hydrogen (secondary N) is 2. The summed E-state index contributed by atoms with van der Waals surface area (Å²) in [6.07, 6.45) is 1.72. The monoisotopic (exact) mass is 401 g/mol. The minimum atomic E-state index is -0.349. The molecule has 0 aliphatic carbocycles. The summed E-state index contributed by atoms with van der Waals surface area (Å²) in [7, 11) is 0. The van der Waals surface area contributed by atoms with Gasteiger partial charge in [-0.25, -0.2) is 9.37 Å². The fourth-order valence-electron chi connectivity index (χ4n) is 2.98. The first-order chi connectivity index (χ1) is 13.8. The first-order valence-corrected chi connectivity index (χ1v) is 9.69. The van der Waals surface area contributed by atoms with Gasteiger partial charge in [0, 0.05) is 18.3 Å². The molecule has 2 aromatic heterocycles. The second-order valence-electron chi connectivity index (χ2n) is 7.69. The fourth-order valence-corrected chi connectivity index (χ4v) is 2.98. The van der Waals surface area contributed by atoms with E-state index in [4.69, 9.17) is 5.73 Å². The zero-order valence-electron chi connectivity index (χ0n) is 17.1. The minimum absolute atomic E-state index is 0.0366. The number of hydrogen-bond acceptors (Lipinski definition) is 7. The van der Waals surface area contributed by atoms with E-state index in [0.29, 0.717) is 34.2 Å². The topological polar surface area (TPSA) is 114 Å². The van der Waals surface area contributed by atoms with Crippen molar-refractivity contribution in [1.82, 2.24) is 19.5 Å². The van der Waals surface area contributed by atoms with E-state index in [0.717, 1.165) is 0 Å². The third-order valence-corrected chi connectivity index (χ3v) is 4.84. The average molecular weight is 401 g/mol. The van der Waals surface area contributed by atoms with Crippen LogP contribution in [0, 0.1) is 11.7 Å². The summed E-state index contributed by atoms with van der Waals surface area (Å²) < 4.78 is 15.5. The molecule has 0 radical (unpaired) electrons. The summed E-state index contributed by atoms with van der Waals surface area (Å²) in [5.41, 5.74) is 8.37. The highest BCUT2D eigenvalue weighted by molar-refractivity contribution is 5.84. The number of halogens is 1. The number of aromatic nitrogens is 4. The molecule has 0 bridgehead atoms. The summed E-state index contributed by atoms with van der Waals surface area (Å²) in [6, 6.07) is 4.24. The van der Waals surface area contributed by atoms with Gasteiger partial charge in [-0.2, -0.15) is 9.97 Å². The van der Waals surface area contributed by atoms with Gasteiger partial charge in [-0.3, -0.25) is 0 Å². The van der Waals surface area contributed by atoms with Crippen LogP contribution in [0.2, 0.25) is 0 Å². The number of fused-ring (bicyclic) bond motifs is 1. The normalized spacial score (nSPS) is 12.7. The zero-order chi connectivity index (χ0) is 21.1. The lowest BCUT2D eigenvalue weighted by Gasteiger charge is -2.20. The molecule has 3 rings (SSSR count). The molecule has 156 valence electrons. The SMILES string of the molecule is CC(C)C(CO)Nc1nc(NCc2cc(F)ccc2N)c2ncn(C(C)C)c2n1. The summed E-state index contributed by atoms with van der Waals surface area (Å²) >= 11 is 0. The van der Waals surface area contributed by atoms with E-state index in [-0.39, 0.29) is 37.0 Å². The Balaban J connectivity index is 1.98. The van der Waals surface area contributed by atoms with Gasteiger partial charge in [0.05, 0.1) is 19.0 Å². The fraction of sp³-hybridized carbons (Fsp3) is 0.450. The Bertz CT molecular complexity index is 986. The van der Waals surface area contributed by atoms with Crippen molar-refractivity contribution in [1.29, 1.82) is 0 Å². The molecule has 2 heterocycles. The van der Waals surface area contributed by atoms with Crippen LogP contribution in [0.3, 0.4) is 0 Å².